The first-order valence-corrected chi connectivity index (χ1v) is 6.18. The Kier molecular flexibility index (Phi) is 2.76. The molecule has 1 aliphatic heterocycles. The van der Waals surface area contributed by atoms with E-state index < -0.39 is 0 Å². The van der Waals surface area contributed by atoms with Crippen LogP contribution in [0.15, 0.2) is 24.5 Å². The van der Waals surface area contributed by atoms with E-state index in [1.54, 1.807) is 0 Å². The van der Waals surface area contributed by atoms with Gasteiger partial charge in [-0.25, -0.2) is 4.98 Å². The number of hydrogen-bond donors (Lipinski definition) is 2. The summed E-state index contributed by atoms with van der Waals surface area (Å²) in [6.45, 7) is 1.41. The number of likely N-dealkylation sites (tertiary alicyclic amines) is 1. The molecular formula is C13H16N4O. The van der Waals surface area contributed by atoms with E-state index in [-0.39, 0.29) is 11.9 Å². The van der Waals surface area contributed by atoms with Gasteiger partial charge in [0.2, 0.25) is 5.91 Å². The predicted octanol–water partition coefficient (Wildman–Crippen LogP) is 0.665. The summed E-state index contributed by atoms with van der Waals surface area (Å²) in [5, 5.41) is 1.11. The van der Waals surface area contributed by atoms with Crippen molar-refractivity contribution in [3.8, 4) is 0 Å². The summed E-state index contributed by atoms with van der Waals surface area (Å²) in [7, 11) is 0. The first-order chi connectivity index (χ1) is 8.72. The van der Waals surface area contributed by atoms with E-state index in [0.717, 1.165) is 29.6 Å². The number of rotatable bonds is 3. The van der Waals surface area contributed by atoms with Gasteiger partial charge in [0, 0.05) is 43.3 Å². The second-order valence-electron chi connectivity index (χ2n) is 4.81. The summed E-state index contributed by atoms with van der Waals surface area (Å²) in [4.78, 5) is 20.8. The molecule has 0 radical (unpaired) electrons. The SMILES string of the molecule is NC1CC(=O)N(CCc2cnc3[nH]ccc3c2)C1. The van der Waals surface area contributed by atoms with Crippen LogP contribution in [0.2, 0.25) is 0 Å². The van der Waals surface area contributed by atoms with Gasteiger partial charge in [0.1, 0.15) is 5.65 Å². The molecule has 0 aliphatic carbocycles. The average Bonchev–Trinajstić information content (AvgIpc) is 2.92. The minimum absolute atomic E-state index is 0.00257. The number of aromatic amines is 1. The van der Waals surface area contributed by atoms with Gasteiger partial charge < -0.3 is 15.6 Å². The number of pyridine rings is 1. The number of carbonyl (C=O) groups is 1. The number of hydrogen-bond acceptors (Lipinski definition) is 3. The zero-order chi connectivity index (χ0) is 12.5. The number of aromatic nitrogens is 2. The van der Waals surface area contributed by atoms with Gasteiger partial charge in [-0.3, -0.25) is 4.79 Å². The van der Waals surface area contributed by atoms with Crippen molar-refractivity contribution in [2.24, 2.45) is 5.73 Å². The molecule has 94 valence electrons. The molecule has 1 atom stereocenters. The standard InChI is InChI=1S/C13H16N4O/c14-11-6-12(18)17(8-11)4-2-9-5-10-1-3-15-13(10)16-7-9/h1,3,5,7,11H,2,4,6,8,14H2,(H,15,16). The molecule has 5 heteroatoms. The first kappa shape index (κ1) is 11.2. The van der Waals surface area contributed by atoms with Gasteiger partial charge in [0.25, 0.3) is 0 Å². The molecule has 5 nitrogen and oxygen atoms in total. The van der Waals surface area contributed by atoms with Crippen molar-refractivity contribution in [3.05, 3.63) is 30.1 Å². The Morgan fingerprint density at radius 1 is 1.56 bits per heavy atom. The fraction of sp³-hybridized carbons (Fsp3) is 0.385. The smallest absolute Gasteiger partial charge is 0.224 e. The third kappa shape index (κ3) is 2.09. The fourth-order valence-electron chi connectivity index (χ4n) is 2.40. The molecule has 0 bridgehead atoms. The van der Waals surface area contributed by atoms with Crippen molar-refractivity contribution in [2.75, 3.05) is 13.1 Å². The minimum atomic E-state index is 0.00257. The Hall–Kier alpha value is -1.88. The van der Waals surface area contributed by atoms with E-state index in [9.17, 15) is 4.79 Å². The van der Waals surface area contributed by atoms with Crippen LogP contribution in [0, 0.1) is 0 Å². The van der Waals surface area contributed by atoms with Crippen LogP contribution in [0.25, 0.3) is 11.0 Å². The molecule has 1 amide bonds. The maximum Gasteiger partial charge on any atom is 0.224 e. The lowest BCUT2D eigenvalue weighted by molar-refractivity contribution is -0.127. The van der Waals surface area contributed by atoms with Gasteiger partial charge in [-0.1, -0.05) is 0 Å². The number of fused-ring (bicyclic) bond motifs is 1. The van der Waals surface area contributed by atoms with E-state index in [1.807, 2.05) is 23.4 Å². The maximum absolute atomic E-state index is 11.6. The van der Waals surface area contributed by atoms with Crippen LogP contribution in [0.3, 0.4) is 0 Å². The molecule has 2 aromatic rings. The third-order valence-corrected chi connectivity index (χ3v) is 3.37. The number of nitrogens with one attached hydrogen (secondary N) is 1. The van der Waals surface area contributed by atoms with Crippen molar-refractivity contribution in [1.29, 1.82) is 0 Å². The molecular weight excluding hydrogens is 228 g/mol. The molecule has 3 heterocycles. The topological polar surface area (TPSA) is 75.0 Å². The second-order valence-corrected chi connectivity index (χ2v) is 4.81. The molecule has 0 aromatic carbocycles. The Morgan fingerprint density at radius 2 is 2.44 bits per heavy atom. The Labute approximate surface area is 105 Å². The maximum atomic E-state index is 11.6. The molecule has 1 aliphatic rings. The number of H-pyrrole nitrogens is 1. The second kappa shape index (κ2) is 4.42. The molecule has 1 saturated heterocycles. The van der Waals surface area contributed by atoms with Gasteiger partial charge in [-0.05, 0) is 24.1 Å². The monoisotopic (exact) mass is 244 g/mol. The van der Waals surface area contributed by atoms with Crippen molar-refractivity contribution in [3.63, 3.8) is 0 Å². The zero-order valence-corrected chi connectivity index (χ0v) is 10.1. The van der Waals surface area contributed by atoms with E-state index >= 15 is 0 Å². The highest BCUT2D eigenvalue weighted by Gasteiger charge is 2.26. The Morgan fingerprint density at radius 3 is 3.22 bits per heavy atom. The van der Waals surface area contributed by atoms with Crippen molar-refractivity contribution < 1.29 is 4.79 Å². The molecule has 3 N–H and O–H groups in total. The van der Waals surface area contributed by atoms with Crippen molar-refractivity contribution >= 4 is 16.9 Å². The van der Waals surface area contributed by atoms with Gasteiger partial charge in [0.05, 0.1) is 0 Å². The lowest BCUT2D eigenvalue weighted by atomic mass is 10.2. The quantitative estimate of drug-likeness (QED) is 0.833. The summed E-state index contributed by atoms with van der Waals surface area (Å²) in [6, 6.07) is 4.12. The molecule has 1 unspecified atom stereocenters. The molecule has 1 fully saturated rings. The average molecular weight is 244 g/mol. The zero-order valence-electron chi connectivity index (χ0n) is 10.1. The Balaban J connectivity index is 1.67. The summed E-state index contributed by atoms with van der Waals surface area (Å²) in [5.41, 5.74) is 7.82. The lowest BCUT2D eigenvalue weighted by Crippen LogP contribution is -2.30. The van der Waals surface area contributed by atoms with E-state index in [2.05, 4.69) is 16.0 Å². The van der Waals surface area contributed by atoms with Gasteiger partial charge in [-0.15, -0.1) is 0 Å². The van der Waals surface area contributed by atoms with E-state index in [4.69, 9.17) is 5.73 Å². The fourth-order valence-corrected chi connectivity index (χ4v) is 2.40. The molecule has 0 saturated carbocycles. The number of nitrogens with two attached hydrogens (primary N) is 1. The Bertz CT molecular complexity index is 577. The first-order valence-electron chi connectivity index (χ1n) is 6.18. The van der Waals surface area contributed by atoms with Crippen LogP contribution in [-0.4, -0.2) is 39.9 Å². The molecule has 2 aromatic heterocycles. The summed E-state index contributed by atoms with van der Waals surface area (Å²) >= 11 is 0. The highest BCUT2D eigenvalue weighted by molar-refractivity contribution is 5.79. The van der Waals surface area contributed by atoms with Crippen molar-refractivity contribution in [1.82, 2.24) is 14.9 Å². The van der Waals surface area contributed by atoms with E-state index in [1.165, 1.54) is 0 Å². The molecule has 0 spiro atoms. The van der Waals surface area contributed by atoms with Gasteiger partial charge in [0.15, 0.2) is 0 Å². The van der Waals surface area contributed by atoms with E-state index in [0.29, 0.717) is 13.0 Å². The van der Waals surface area contributed by atoms with Crippen LogP contribution < -0.4 is 5.73 Å². The highest BCUT2D eigenvalue weighted by Crippen LogP contribution is 2.14. The molecule has 3 rings (SSSR count). The number of carbonyl (C=O) groups excluding carboxylic acids is 1. The number of nitrogens with zero attached hydrogens (tertiary/aromatic N) is 2. The largest absolute Gasteiger partial charge is 0.346 e. The van der Waals surface area contributed by atoms with Gasteiger partial charge >= 0.3 is 0 Å². The summed E-state index contributed by atoms with van der Waals surface area (Å²) in [6.07, 6.45) is 5.05. The minimum Gasteiger partial charge on any atom is -0.346 e. The molecule has 18 heavy (non-hydrogen) atoms. The lowest BCUT2D eigenvalue weighted by Gasteiger charge is -2.15. The van der Waals surface area contributed by atoms with Crippen LogP contribution >= 0.6 is 0 Å². The summed E-state index contributed by atoms with van der Waals surface area (Å²) < 4.78 is 0. The van der Waals surface area contributed by atoms with Crippen molar-refractivity contribution in [2.45, 2.75) is 18.9 Å². The van der Waals surface area contributed by atoms with Gasteiger partial charge in [-0.2, -0.15) is 0 Å². The van der Waals surface area contributed by atoms with Crippen LogP contribution in [0.4, 0.5) is 0 Å². The number of amides is 1. The van der Waals surface area contributed by atoms with Crippen LogP contribution in [-0.2, 0) is 11.2 Å². The predicted molar refractivity (Wildman–Crippen MR) is 69.0 cm³/mol. The highest BCUT2D eigenvalue weighted by atomic mass is 16.2. The normalized spacial score (nSPS) is 19.9. The van der Waals surface area contributed by atoms with Crippen LogP contribution in [0.1, 0.15) is 12.0 Å². The summed E-state index contributed by atoms with van der Waals surface area (Å²) in [5.74, 6) is 0.165. The third-order valence-electron chi connectivity index (χ3n) is 3.37. The van der Waals surface area contributed by atoms with Crippen LogP contribution in [0.5, 0.6) is 0 Å².